The van der Waals surface area contributed by atoms with Crippen LogP contribution in [0.5, 0.6) is 0 Å². The monoisotopic (exact) mass is 218 g/mol. The second-order valence-electron chi connectivity index (χ2n) is 4.41. The standard InChI is InChI=1S/C12H14N2S/c1-8-5-6-10-11(7-8)14(12(15)13-10)9-3-2-4-9/h5-7,9H,2-4H2,1H3,(H,13,15). The van der Waals surface area contributed by atoms with Crippen LogP contribution < -0.4 is 0 Å². The Labute approximate surface area is 93.9 Å². The zero-order chi connectivity index (χ0) is 10.4. The lowest BCUT2D eigenvalue weighted by molar-refractivity contribution is 0.318. The molecule has 78 valence electrons. The molecular formula is C12H14N2S. The Morgan fingerprint density at radius 3 is 2.87 bits per heavy atom. The minimum Gasteiger partial charge on any atom is -0.331 e. The van der Waals surface area contributed by atoms with E-state index in [0.717, 1.165) is 10.3 Å². The van der Waals surface area contributed by atoms with Crippen molar-refractivity contribution in [1.82, 2.24) is 9.55 Å². The van der Waals surface area contributed by atoms with Crippen molar-refractivity contribution in [2.24, 2.45) is 0 Å². The first-order chi connectivity index (χ1) is 7.25. The number of fused-ring (bicyclic) bond motifs is 1. The van der Waals surface area contributed by atoms with Crippen LogP contribution in [0.25, 0.3) is 11.0 Å². The molecule has 2 aromatic rings. The van der Waals surface area contributed by atoms with Gasteiger partial charge in [0, 0.05) is 6.04 Å². The van der Waals surface area contributed by atoms with Gasteiger partial charge in [0.15, 0.2) is 4.77 Å². The summed E-state index contributed by atoms with van der Waals surface area (Å²) in [5.74, 6) is 0. The van der Waals surface area contributed by atoms with Crippen LogP contribution >= 0.6 is 12.2 Å². The molecule has 0 atom stereocenters. The number of aromatic nitrogens is 2. The van der Waals surface area contributed by atoms with E-state index in [1.807, 2.05) is 0 Å². The summed E-state index contributed by atoms with van der Waals surface area (Å²) in [5, 5.41) is 0. The van der Waals surface area contributed by atoms with Gasteiger partial charge in [-0.3, -0.25) is 0 Å². The van der Waals surface area contributed by atoms with E-state index in [-0.39, 0.29) is 0 Å². The van der Waals surface area contributed by atoms with Crippen LogP contribution in [0.3, 0.4) is 0 Å². The highest BCUT2D eigenvalue weighted by Gasteiger charge is 2.21. The molecule has 0 amide bonds. The van der Waals surface area contributed by atoms with Gasteiger partial charge in [-0.2, -0.15) is 0 Å². The van der Waals surface area contributed by atoms with Crippen molar-refractivity contribution in [2.45, 2.75) is 32.2 Å². The molecule has 0 aliphatic heterocycles. The van der Waals surface area contributed by atoms with Crippen LogP contribution in [-0.2, 0) is 0 Å². The molecule has 1 aliphatic rings. The van der Waals surface area contributed by atoms with E-state index in [0.29, 0.717) is 6.04 Å². The number of nitrogens with zero attached hydrogens (tertiary/aromatic N) is 1. The minimum atomic E-state index is 0.632. The molecule has 1 fully saturated rings. The van der Waals surface area contributed by atoms with E-state index in [1.165, 1.54) is 30.3 Å². The van der Waals surface area contributed by atoms with Gasteiger partial charge in [0.1, 0.15) is 0 Å². The van der Waals surface area contributed by atoms with Crippen molar-refractivity contribution >= 4 is 23.3 Å². The van der Waals surface area contributed by atoms with Gasteiger partial charge in [0.2, 0.25) is 0 Å². The lowest BCUT2D eigenvalue weighted by Gasteiger charge is -2.27. The molecule has 3 rings (SSSR count). The Morgan fingerprint density at radius 2 is 2.20 bits per heavy atom. The first-order valence-electron chi connectivity index (χ1n) is 5.46. The Hall–Kier alpha value is -1.09. The molecule has 1 saturated carbocycles. The summed E-state index contributed by atoms with van der Waals surface area (Å²) >= 11 is 5.38. The van der Waals surface area contributed by atoms with E-state index in [4.69, 9.17) is 12.2 Å². The molecule has 0 bridgehead atoms. The van der Waals surface area contributed by atoms with E-state index in [1.54, 1.807) is 0 Å². The van der Waals surface area contributed by atoms with Gasteiger partial charge < -0.3 is 9.55 Å². The van der Waals surface area contributed by atoms with Gasteiger partial charge >= 0.3 is 0 Å². The maximum absolute atomic E-state index is 5.38. The Balaban J connectivity index is 2.29. The van der Waals surface area contributed by atoms with Crippen LogP contribution in [0.15, 0.2) is 18.2 Å². The minimum absolute atomic E-state index is 0.632. The van der Waals surface area contributed by atoms with Gasteiger partial charge in [-0.05, 0) is 56.1 Å². The van der Waals surface area contributed by atoms with Crippen LogP contribution in [0.1, 0.15) is 30.9 Å². The number of H-pyrrole nitrogens is 1. The summed E-state index contributed by atoms with van der Waals surface area (Å²) < 4.78 is 3.17. The van der Waals surface area contributed by atoms with Gasteiger partial charge in [-0.15, -0.1) is 0 Å². The fourth-order valence-electron chi connectivity index (χ4n) is 2.24. The molecular weight excluding hydrogens is 204 g/mol. The van der Waals surface area contributed by atoms with Gasteiger partial charge in [-0.1, -0.05) is 6.07 Å². The van der Waals surface area contributed by atoms with Gasteiger partial charge in [0.05, 0.1) is 11.0 Å². The van der Waals surface area contributed by atoms with Crippen molar-refractivity contribution in [3.63, 3.8) is 0 Å². The number of hydrogen-bond acceptors (Lipinski definition) is 1. The Morgan fingerprint density at radius 1 is 1.40 bits per heavy atom. The molecule has 1 aliphatic carbocycles. The van der Waals surface area contributed by atoms with Crippen molar-refractivity contribution in [2.75, 3.05) is 0 Å². The summed E-state index contributed by atoms with van der Waals surface area (Å²) in [4.78, 5) is 3.28. The third-order valence-corrected chi connectivity index (χ3v) is 3.61. The van der Waals surface area contributed by atoms with Crippen LogP contribution in [0.4, 0.5) is 0 Å². The molecule has 1 aromatic heterocycles. The second-order valence-corrected chi connectivity index (χ2v) is 4.79. The largest absolute Gasteiger partial charge is 0.331 e. The predicted octanol–water partition coefficient (Wildman–Crippen LogP) is 3.73. The topological polar surface area (TPSA) is 20.7 Å². The molecule has 0 unspecified atom stereocenters. The van der Waals surface area contributed by atoms with Crippen molar-refractivity contribution in [1.29, 1.82) is 0 Å². The molecule has 0 saturated heterocycles. The van der Waals surface area contributed by atoms with E-state index in [9.17, 15) is 0 Å². The number of aryl methyl sites for hydroxylation is 1. The third kappa shape index (κ3) is 1.34. The summed E-state index contributed by atoms with van der Waals surface area (Å²) in [5.41, 5.74) is 3.73. The number of hydrogen-bond donors (Lipinski definition) is 1. The Kier molecular flexibility index (Phi) is 1.96. The number of benzene rings is 1. The predicted molar refractivity (Wildman–Crippen MR) is 64.7 cm³/mol. The summed E-state index contributed by atoms with van der Waals surface area (Å²) in [6.45, 7) is 2.13. The quantitative estimate of drug-likeness (QED) is 0.723. The molecule has 3 heteroatoms. The summed E-state index contributed by atoms with van der Waals surface area (Å²) in [6, 6.07) is 7.10. The van der Waals surface area contributed by atoms with E-state index in [2.05, 4.69) is 34.7 Å². The van der Waals surface area contributed by atoms with E-state index >= 15 is 0 Å². The summed E-state index contributed by atoms with van der Waals surface area (Å²) in [7, 11) is 0. The average molecular weight is 218 g/mol. The summed E-state index contributed by atoms with van der Waals surface area (Å²) in [6.07, 6.45) is 3.88. The normalized spacial score (nSPS) is 16.9. The zero-order valence-electron chi connectivity index (χ0n) is 8.79. The maximum atomic E-state index is 5.38. The fourth-order valence-corrected chi connectivity index (χ4v) is 2.60. The number of imidazole rings is 1. The number of aromatic amines is 1. The first kappa shape index (κ1) is 9.16. The molecule has 1 heterocycles. The highest BCUT2D eigenvalue weighted by Crippen LogP contribution is 2.34. The molecule has 0 radical (unpaired) electrons. The SMILES string of the molecule is Cc1ccc2[nH]c(=S)n(C3CCC3)c2c1. The molecule has 1 aromatic carbocycles. The zero-order valence-corrected chi connectivity index (χ0v) is 9.60. The number of nitrogens with one attached hydrogen (secondary N) is 1. The smallest absolute Gasteiger partial charge is 0.178 e. The molecule has 0 spiro atoms. The van der Waals surface area contributed by atoms with Gasteiger partial charge in [0.25, 0.3) is 0 Å². The van der Waals surface area contributed by atoms with Crippen molar-refractivity contribution < 1.29 is 0 Å². The highest BCUT2D eigenvalue weighted by atomic mass is 32.1. The molecule has 1 N–H and O–H groups in total. The first-order valence-corrected chi connectivity index (χ1v) is 5.87. The van der Waals surface area contributed by atoms with Crippen molar-refractivity contribution in [3.05, 3.63) is 28.5 Å². The van der Waals surface area contributed by atoms with Crippen molar-refractivity contribution in [3.8, 4) is 0 Å². The third-order valence-electron chi connectivity index (χ3n) is 3.31. The fraction of sp³-hybridized carbons (Fsp3) is 0.417. The van der Waals surface area contributed by atoms with Crippen LogP contribution in [0, 0.1) is 11.7 Å². The van der Waals surface area contributed by atoms with Crippen LogP contribution in [-0.4, -0.2) is 9.55 Å². The molecule has 15 heavy (non-hydrogen) atoms. The second kappa shape index (κ2) is 3.20. The van der Waals surface area contributed by atoms with Gasteiger partial charge in [-0.25, -0.2) is 0 Å². The Bertz CT molecular complexity index is 560. The number of rotatable bonds is 1. The van der Waals surface area contributed by atoms with E-state index < -0.39 is 0 Å². The lowest BCUT2D eigenvalue weighted by Crippen LogP contribution is -2.16. The van der Waals surface area contributed by atoms with Crippen LogP contribution in [0.2, 0.25) is 0 Å². The molecule has 2 nitrogen and oxygen atoms in total. The average Bonchev–Trinajstić information content (AvgIpc) is 2.42. The lowest BCUT2D eigenvalue weighted by atomic mass is 9.93. The highest BCUT2D eigenvalue weighted by molar-refractivity contribution is 7.71. The maximum Gasteiger partial charge on any atom is 0.178 e.